The summed E-state index contributed by atoms with van der Waals surface area (Å²) in [5, 5.41) is 25.1. The number of hydrogen-bond donors (Lipinski definition) is 3. The highest BCUT2D eigenvalue weighted by molar-refractivity contribution is 5.71. The van der Waals surface area contributed by atoms with Crippen molar-refractivity contribution in [1.82, 2.24) is 5.32 Å². The van der Waals surface area contributed by atoms with E-state index in [1.54, 1.807) is 0 Å². The molecule has 21 heavy (non-hydrogen) atoms. The molecule has 4 nitrogen and oxygen atoms in total. The smallest absolute Gasteiger partial charge is 0.211 e. The summed E-state index contributed by atoms with van der Waals surface area (Å²) in [7, 11) is 0. The lowest BCUT2D eigenvalue weighted by Gasteiger charge is -2.61. The van der Waals surface area contributed by atoms with E-state index in [4.69, 9.17) is 4.74 Å². The fourth-order valence-corrected chi connectivity index (χ4v) is 5.11. The third-order valence-corrected chi connectivity index (χ3v) is 6.16. The number of aromatic hydroxyl groups is 1. The number of fused-ring (bicyclic) bond motifs is 3. The molecular weight excluding hydrogens is 266 g/mol. The predicted molar refractivity (Wildman–Crippen MR) is 77.9 cm³/mol. The zero-order chi connectivity index (χ0) is 14.4. The summed E-state index contributed by atoms with van der Waals surface area (Å²) in [6.45, 7) is 5.09. The van der Waals surface area contributed by atoms with E-state index in [2.05, 4.69) is 11.9 Å². The van der Waals surface area contributed by atoms with Crippen LogP contribution >= 0.6 is 0 Å². The van der Waals surface area contributed by atoms with Gasteiger partial charge < -0.3 is 20.3 Å². The summed E-state index contributed by atoms with van der Waals surface area (Å²) in [5.41, 5.74) is 2.43. The van der Waals surface area contributed by atoms with Crippen LogP contribution in [0, 0.1) is 0 Å². The van der Waals surface area contributed by atoms with Gasteiger partial charge in [0.25, 0.3) is 0 Å². The van der Waals surface area contributed by atoms with Gasteiger partial charge in [0.1, 0.15) is 0 Å². The van der Waals surface area contributed by atoms with E-state index in [0.29, 0.717) is 5.75 Å². The van der Waals surface area contributed by atoms with Crippen LogP contribution in [0.3, 0.4) is 0 Å². The third kappa shape index (κ3) is 1.25. The molecule has 3 atom stereocenters. The van der Waals surface area contributed by atoms with Crippen LogP contribution in [0.4, 0.5) is 0 Å². The van der Waals surface area contributed by atoms with Crippen LogP contribution in [0.5, 0.6) is 17.2 Å². The van der Waals surface area contributed by atoms with Crippen molar-refractivity contribution >= 4 is 0 Å². The molecule has 1 aromatic carbocycles. The number of rotatable bonds is 0. The van der Waals surface area contributed by atoms with Crippen LogP contribution in [0.2, 0.25) is 0 Å². The van der Waals surface area contributed by atoms with Crippen LogP contribution in [-0.4, -0.2) is 28.4 Å². The van der Waals surface area contributed by atoms with Crippen LogP contribution in [0.15, 0.2) is 18.2 Å². The van der Waals surface area contributed by atoms with Gasteiger partial charge in [-0.15, -0.1) is 0 Å². The number of hydrogen-bond acceptors (Lipinski definition) is 4. The maximum absolute atomic E-state index is 11.5. The van der Waals surface area contributed by atoms with Crippen molar-refractivity contribution in [3.63, 3.8) is 0 Å². The largest absolute Gasteiger partial charge is 0.504 e. The molecule has 1 saturated heterocycles. The van der Waals surface area contributed by atoms with Gasteiger partial charge in [0, 0.05) is 17.0 Å². The Hall–Kier alpha value is -1.52. The normalized spacial score (nSPS) is 38.9. The highest BCUT2D eigenvalue weighted by Crippen LogP contribution is 2.64. The lowest BCUT2D eigenvalue weighted by Crippen LogP contribution is -2.71. The lowest BCUT2D eigenvalue weighted by atomic mass is 9.49. The Bertz CT molecular complexity index is 698. The van der Waals surface area contributed by atoms with E-state index in [1.807, 2.05) is 6.07 Å². The summed E-state index contributed by atoms with van der Waals surface area (Å²) >= 11 is 0. The first kappa shape index (κ1) is 12.1. The average Bonchev–Trinajstić information content (AvgIpc) is 3.22. The molecule has 0 amide bonds. The van der Waals surface area contributed by atoms with Gasteiger partial charge >= 0.3 is 0 Å². The number of phenols is 1. The molecule has 2 fully saturated rings. The molecular formula is C17H19NO3. The second kappa shape index (κ2) is 3.45. The highest BCUT2D eigenvalue weighted by Gasteiger charge is 2.63. The van der Waals surface area contributed by atoms with Crippen LogP contribution < -0.4 is 10.1 Å². The minimum absolute atomic E-state index is 0.0738. The Labute approximate surface area is 123 Å². The van der Waals surface area contributed by atoms with E-state index in [0.717, 1.165) is 50.0 Å². The van der Waals surface area contributed by atoms with E-state index in [-0.39, 0.29) is 17.2 Å². The first-order chi connectivity index (χ1) is 10.1. The molecule has 5 rings (SSSR count). The summed E-state index contributed by atoms with van der Waals surface area (Å²) in [6, 6.07) is 1.91. The first-order valence-electron chi connectivity index (χ1n) is 7.75. The maximum Gasteiger partial charge on any atom is 0.211 e. The molecule has 110 valence electrons. The highest BCUT2D eigenvalue weighted by atomic mass is 16.6. The molecule has 0 spiro atoms. The van der Waals surface area contributed by atoms with Gasteiger partial charge in [0.15, 0.2) is 11.5 Å². The van der Waals surface area contributed by atoms with Crippen molar-refractivity contribution < 1.29 is 14.9 Å². The van der Waals surface area contributed by atoms with Gasteiger partial charge in [0.2, 0.25) is 5.75 Å². The fraction of sp³-hybridized carbons (Fsp3) is 0.529. The lowest BCUT2D eigenvalue weighted by molar-refractivity contribution is -0.115. The number of piperidine rings is 1. The molecule has 4 aliphatic rings. The standard InChI is InChI=1S/C17H19NO3/c1-9-2-3-17(20)13-6-10-11(7-12(19)15-14(10)21-15)16(17,8-9)4-5-18-13/h7,13,18-20H,1-6,8H2/t13-,16-,17-/m1/s1. The van der Waals surface area contributed by atoms with Gasteiger partial charge in [-0.05, 0) is 50.3 Å². The van der Waals surface area contributed by atoms with Crippen molar-refractivity contribution in [3.05, 3.63) is 29.3 Å². The minimum atomic E-state index is -0.741. The van der Waals surface area contributed by atoms with Crippen molar-refractivity contribution in [2.75, 3.05) is 6.54 Å². The summed E-state index contributed by atoms with van der Waals surface area (Å²) < 4.78 is 5.49. The predicted octanol–water partition coefficient (Wildman–Crippen LogP) is 2.12. The molecule has 2 aliphatic carbocycles. The van der Waals surface area contributed by atoms with Gasteiger partial charge in [-0.3, -0.25) is 0 Å². The molecule has 2 aliphatic heterocycles. The summed E-state index contributed by atoms with van der Waals surface area (Å²) in [4.78, 5) is 0. The van der Waals surface area contributed by atoms with Crippen LogP contribution in [0.25, 0.3) is 0 Å². The SMILES string of the molecule is C=C1CC[C@@]2(O)[C@H]3Cc4c(cc(O)c5c4O5)[C@@]2(CCN3)C1. The number of phenolic OH excluding ortho intramolecular Hbond substituents is 1. The zero-order valence-corrected chi connectivity index (χ0v) is 11.9. The molecule has 0 radical (unpaired) electrons. The Balaban J connectivity index is 1.81. The number of benzene rings is 1. The van der Waals surface area contributed by atoms with Crippen molar-refractivity contribution in [3.8, 4) is 17.2 Å². The Morgan fingerprint density at radius 3 is 3.05 bits per heavy atom. The second-order valence-electron chi connectivity index (χ2n) is 7.08. The average molecular weight is 285 g/mol. The van der Waals surface area contributed by atoms with Crippen LogP contribution in [-0.2, 0) is 11.8 Å². The topological polar surface area (TPSA) is 65.0 Å². The monoisotopic (exact) mass is 285 g/mol. The molecule has 3 N–H and O–H groups in total. The Morgan fingerprint density at radius 1 is 1.33 bits per heavy atom. The maximum atomic E-state index is 11.5. The van der Waals surface area contributed by atoms with E-state index >= 15 is 0 Å². The van der Waals surface area contributed by atoms with Gasteiger partial charge in [-0.2, -0.15) is 0 Å². The van der Waals surface area contributed by atoms with E-state index in [9.17, 15) is 10.2 Å². The Kier molecular flexibility index (Phi) is 1.98. The minimum Gasteiger partial charge on any atom is -0.504 e. The molecule has 2 heterocycles. The number of nitrogens with one attached hydrogen (secondary N) is 1. The zero-order valence-electron chi connectivity index (χ0n) is 11.9. The van der Waals surface area contributed by atoms with Crippen molar-refractivity contribution in [2.45, 2.75) is 49.2 Å². The molecule has 1 saturated carbocycles. The van der Waals surface area contributed by atoms with Crippen molar-refractivity contribution in [1.29, 1.82) is 0 Å². The van der Waals surface area contributed by atoms with Gasteiger partial charge in [0.05, 0.1) is 5.60 Å². The fourth-order valence-electron chi connectivity index (χ4n) is 5.11. The Morgan fingerprint density at radius 2 is 2.19 bits per heavy atom. The summed E-state index contributed by atoms with van der Waals surface area (Å²) in [5.74, 6) is 1.69. The van der Waals surface area contributed by atoms with Gasteiger partial charge in [-0.1, -0.05) is 12.2 Å². The van der Waals surface area contributed by atoms with Gasteiger partial charge in [-0.25, -0.2) is 0 Å². The van der Waals surface area contributed by atoms with Crippen molar-refractivity contribution in [2.24, 2.45) is 0 Å². The molecule has 0 unspecified atom stereocenters. The first-order valence-corrected chi connectivity index (χ1v) is 7.75. The molecule has 1 aromatic rings. The second-order valence-corrected chi connectivity index (χ2v) is 7.08. The van der Waals surface area contributed by atoms with E-state index in [1.165, 1.54) is 11.1 Å². The summed E-state index contributed by atoms with van der Waals surface area (Å²) in [6.07, 6.45) is 4.11. The molecule has 4 heteroatoms. The number of aliphatic hydroxyl groups is 1. The third-order valence-electron chi connectivity index (χ3n) is 6.16. The molecule has 2 bridgehead atoms. The van der Waals surface area contributed by atoms with Crippen LogP contribution in [0.1, 0.15) is 36.8 Å². The van der Waals surface area contributed by atoms with E-state index < -0.39 is 5.60 Å². The molecule has 0 aromatic heterocycles. The number of ether oxygens (including phenoxy) is 1. The number of allylic oxidation sites excluding steroid dienone is 1. The quantitative estimate of drug-likeness (QED) is 0.512.